The number of halogens is 1. The average molecular weight is 290 g/mol. The molecule has 1 aromatic rings. The van der Waals surface area contributed by atoms with Gasteiger partial charge in [0.25, 0.3) is 5.56 Å². The van der Waals surface area contributed by atoms with Gasteiger partial charge >= 0.3 is 5.69 Å². The zero-order valence-electron chi connectivity index (χ0n) is 10.3. The highest BCUT2D eigenvalue weighted by Gasteiger charge is 2.36. The number of aliphatic hydroxyl groups is 1. The summed E-state index contributed by atoms with van der Waals surface area (Å²) in [4.78, 5) is 25.2. The molecule has 2 heterocycles. The van der Waals surface area contributed by atoms with Crippen LogP contribution in [0.25, 0.3) is 0 Å². The summed E-state index contributed by atoms with van der Waals surface area (Å²) in [5.41, 5.74) is -0.610. The monoisotopic (exact) mass is 290 g/mol. The number of H-pyrrole nitrogens is 1. The first-order valence-electron chi connectivity index (χ1n) is 5.82. The van der Waals surface area contributed by atoms with Crippen LogP contribution in [0.15, 0.2) is 15.8 Å². The van der Waals surface area contributed by atoms with E-state index in [0.29, 0.717) is 12.0 Å². The number of nitrogens with one attached hydrogen (secondary N) is 1. The third-order valence-electron chi connectivity index (χ3n) is 3.09. The predicted octanol–water partition coefficient (Wildman–Crippen LogP) is 0.154. The third kappa shape index (κ3) is 2.90. The number of rotatable bonds is 4. The van der Waals surface area contributed by atoms with Gasteiger partial charge in [0, 0.05) is 23.4 Å². The molecule has 1 aromatic heterocycles. The highest BCUT2D eigenvalue weighted by Crippen LogP contribution is 2.35. The van der Waals surface area contributed by atoms with Gasteiger partial charge < -0.3 is 9.84 Å². The molecule has 0 aromatic carbocycles. The molecule has 0 amide bonds. The van der Waals surface area contributed by atoms with Crippen LogP contribution in [0.4, 0.5) is 4.39 Å². The minimum absolute atomic E-state index is 0.209. The fourth-order valence-corrected chi connectivity index (χ4v) is 2.92. The van der Waals surface area contributed by atoms with Crippen molar-refractivity contribution < 1.29 is 14.2 Å². The second-order valence-corrected chi connectivity index (χ2v) is 5.50. The minimum Gasteiger partial charge on any atom is -0.394 e. The van der Waals surface area contributed by atoms with Gasteiger partial charge in [0.1, 0.15) is 12.2 Å². The van der Waals surface area contributed by atoms with Crippen molar-refractivity contribution in [2.75, 3.05) is 12.6 Å². The zero-order valence-corrected chi connectivity index (χ0v) is 11.2. The molecule has 0 aliphatic carbocycles. The number of alkyl halides is 1. The van der Waals surface area contributed by atoms with Gasteiger partial charge in [-0.1, -0.05) is 0 Å². The molecule has 0 bridgehead atoms. The molecule has 19 heavy (non-hydrogen) atoms. The fraction of sp³-hybridized carbons (Fsp3) is 0.636. The molecule has 1 saturated heterocycles. The Bertz CT molecular complexity index is 558. The van der Waals surface area contributed by atoms with E-state index >= 15 is 0 Å². The maximum Gasteiger partial charge on any atom is 0.330 e. The quantitative estimate of drug-likeness (QED) is 0.825. The Morgan fingerprint density at radius 1 is 1.63 bits per heavy atom. The topological polar surface area (TPSA) is 84.3 Å². The lowest BCUT2D eigenvalue weighted by molar-refractivity contribution is -0.0238. The van der Waals surface area contributed by atoms with Crippen molar-refractivity contribution in [3.05, 3.63) is 32.6 Å². The second kappa shape index (κ2) is 5.89. The fourth-order valence-electron chi connectivity index (χ4n) is 2.09. The molecule has 1 aliphatic heterocycles. The number of aromatic nitrogens is 2. The first-order chi connectivity index (χ1) is 9.06. The summed E-state index contributed by atoms with van der Waals surface area (Å²) in [6.07, 6.45) is 0.725. The lowest BCUT2D eigenvalue weighted by atomic mass is 10.2. The normalized spacial score (nSPS) is 26.8. The smallest absolute Gasteiger partial charge is 0.330 e. The van der Waals surface area contributed by atoms with Crippen LogP contribution in [0.1, 0.15) is 18.2 Å². The molecule has 2 N–H and O–H groups in total. The highest BCUT2D eigenvalue weighted by atomic mass is 32.2. The maximum absolute atomic E-state index is 12.4. The number of aromatic amines is 1. The summed E-state index contributed by atoms with van der Waals surface area (Å²) in [5, 5.41) is 8.98. The Kier molecular flexibility index (Phi) is 4.43. The van der Waals surface area contributed by atoms with Crippen LogP contribution in [0, 0.1) is 6.92 Å². The Balaban J connectivity index is 2.27. The number of ether oxygens (including phenoxy) is 1. The summed E-state index contributed by atoms with van der Waals surface area (Å²) in [5.74, 6) is 0. The van der Waals surface area contributed by atoms with Crippen molar-refractivity contribution in [2.45, 2.75) is 30.9 Å². The highest BCUT2D eigenvalue weighted by molar-refractivity contribution is 7.99. The number of aliphatic hydroxyl groups excluding tert-OH is 1. The van der Waals surface area contributed by atoms with Crippen LogP contribution < -0.4 is 11.2 Å². The van der Waals surface area contributed by atoms with E-state index in [1.807, 2.05) is 0 Å². The van der Waals surface area contributed by atoms with Gasteiger partial charge in [0.15, 0.2) is 0 Å². The SMILES string of the molecule is Cc1cn([C@H]2C[C@H](SCF)[C@@H](CO)O2)c(=O)[nH]c1=O. The number of aryl methyl sites for hydroxylation is 1. The predicted molar refractivity (Wildman–Crippen MR) is 69.0 cm³/mol. The number of hydrogen-bond acceptors (Lipinski definition) is 5. The number of thioether (sulfide) groups is 1. The Morgan fingerprint density at radius 3 is 3.00 bits per heavy atom. The largest absolute Gasteiger partial charge is 0.394 e. The van der Waals surface area contributed by atoms with E-state index < -0.39 is 29.6 Å². The molecule has 2 rings (SSSR count). The summed E-state index contributed by atoms with van der Waals surface area (Å²) < 4.78 is 19.2. The summed E-state index contributed by atoms with van der Waals surface area (Å²) in [6, 6.07) is -0.573. The lowest BCUT2D eigenvalue weighted by Gasteiger charge is -2.15. The molecular formula is C11H15FN2O4S. The molecule has 1 fully saturated rings. The number of nitrogens with zero attached hydrogens (tertiary/aromatic N) is 1. The van der Waals surface area contributed by atoms with E-state index in [4.69, 9.17) is 4.74 Å². The minimum atomic E-state index is -0.593. The third-order valence-corrected chi connectivity index (χ3v) is 4.14. The molecule has 0 saturated carbocycles. The molecule has 1 aliphatic rings. The molecule has 0 radical (unpaired) electrons. The van der Waals surface area contributed by atoms with Crippen LogP contribution in [0.5, 0.6) is 0 Å². The van der Waals surface area contributed by atoms with Crippen molar-refractivity contribution in [1.29, 1.82) is 0 Å². The van der Waals surface area contributed by atoms with Gasteiger partial charge in [-0.15, -0.1) is 11.8 Å². The lowest BCUT2D eigenvalue weighted by Crippen LogP contribution is -2.33. The number of hydrogen-bond donors (Lipinski definition) is 2. The van der Waals surface area contributed by atoms with Crippen molar-refractivity contribution in [3.8, 4) is 0 Å². The average Bonchev–Trinajstić information content (AvgIpc) is 2.77. The molecular weight excluding hydrogens is 275 g/mol. The Hall–Kier alpha value is -1.12. The van der Waals surface area contributed by atoms with Gasteiger partial charge in [-0.25, -0.2) is 9.18 Å². The summed E-state index contributed by atoms with van der Waals surface area (Å²) in [7, 11) is 0. The van der Waals surface area contributed by atoms with Gasteiger partial charge in [-0.05, 0) is 6.92 Å². The van der Waals surface area contributed by atoms with Crippen molar-refractivity contribution in [2.24, 2.45) is 0 Å². The van der Waals surface area contributed by atoms with E-state index in [-0.39, 0.29) is 11.9 Å². The standard InChI is InChI=1S/C11H15FN2O4S/c1-6-3-14(11(17)13-10(6)16)9-2-8(19-5-12)7(4-15)18-9/h3,7-9,15H,2,4-5H2,1H3,(H,13,16,17)/t7-,8+,9-/m1/s1. The van der Waals surface area contributed by atoms with Crippen LogP contribution in [0.3, 0.4) is 0 Å². The maximum atomic E-state index is 12.4. The van der Waals surface area contributed by atoms with E-state index in [2.05, 4.69) is 4.98 Å². The molecule has 0 spiro atoms. The van der Waals surface area contributed by atoms with Crippen LogP contribution in [0.2, 0.25) is 0 Å². The first-order valence-corrected chi connectivity index (χ1v) is 6.87. The first kappa shape index (κ1) is 14.3. The van der Waals surface area contributed by atoms with E-state index in [9.17, 15) is 19.1 Å². The van der Waals surface area contributed by atoms with Crippen molar-refractivity contribution in [1.82, 2.24) is 9.55 Å². The van der Waals surface area contributed by atoms with Gasteiger partial charge in [-0.2, -0.15) is 0 Å². The molecule has 6 nitrogen and oxygen atoms in total. The molecule has 0 unspecified atom stereocenters. The second-order valence-electron chi connectivity index (χ2n) is 4.34. The van der Waals surface area contributed by atoms with Crippen LogP contribution in [-0.2, 0) is 4.74 Å². The Morgan fingerprint density at radius 2 is 2.37 bits per heavy atom. The van der Waals surface area contributed by atoms with Crippen molar-refractivity contribution in [3.63, 3.8) is 0 Å². The van der Waals surface area contributed by atoms with Crippen molar-refractivity contribution >= 4 is 11.8 Å². The van der Waals surface area contributed by atoms with E-state index in [1.54, 1.807) is 6.92 Å². The zero-order chi connectivity index (χ0) is 14.0. The molecule has 8 heteroatoms. The van der Waals surface area contributed by atoms with Gasteiger partial charge in [-0.3, -0.25) is 14.3 Å². The summed E-state index contributed by atoms with van der Waals surface area (Å²) in [6.45, 7) is 1.35. The molecule has 3 atom stereocenters. The summed E-state index contributed by atoms with van der Waals surface area (Å²) >= 11 is 1.04. The van der Waals surface area contributed by atoms with Gasteiger partial charge in [0.2, 0.25) is 0 Å². The Labute approximate surface area is 112 Å². The van der Waals surface area contributed by atoms with Gasteiger partial charge in [0.05, 0.1) is 12.7 Å². The molecule has 106 valence electrons. The van der Waals surface area contributed by atoms with E-state index in [1.165, 1.54) is 10.8 Å². The van der Waals surface area contributed by atoms with Crippen LogP contribution in [-0.4, -0.2) is 38.6 Å². The van der Waals surface area contributed by atoms with Crippen LogP contribution >= 0.6 is 11.8 Å². The van der Waals surface area contributed by atoms with E-state index in [0.717, 1.165) is 11.8 Å².